The van der Waals surface area contributed by atoms with E-state index in [4.69, 9.17) is 9.47 Å². The maximum Gasteiger partial charge on any atom is 0.221 e. The summed E-state index contributed by atoms with van der Waals surface area (Å²) < 4.78 is 14.1. The molecule has 2 amide bonds. The minimum Gasteiger partial charge on any atom is -0.484 e. The van der Waals surface area contributed by atoms with Crippen LogP contribution in [0.25, 0.3) is 0 Å². The standard InChI is InChI=1S/C27H26Br2N2O4/c28-21-14-18-6-8-23(21)35-24-16-20(10-12-30-26(33)11-13-31-25(32)9-7-18)15-22(29)27(24)34-17-19-4-2-1-3-5-19/h1-6,8,14-16H,7,9-13,17H2,(H,30,33)(H,31,32). The van der Waals surface area contributed by atoms with Crippen LogP contribution in [0.1, 0.15) is 29.5 Å². The molecule has 8 heteroatoms. The lowest BCUT2D eigenvalue weighted by Crippen LogP contribution is -2.31. The summed E-state index contributed by atoms with van der Waals surface area (Å²) in [5.74, 6) is 1.65. The lowest BCUT2D eigenvalue weighted by molar-refractivity contribution is -0.122. The number of carbonyl (C=O) groups excluding carboxylic acids is 2. The van der Waals surface area contributed by atoms with Gasteiger partial charge in [-0.2, -0.15) is 0 Å². The van der Waals surface area contributed by atoms with Gasteiger partial charge in [-0.3, -0.25) is 9.59 Å². The number of halogens is 2. The molecule has 2 heterocycles. The van der Waals surface area contributed by atoms with Crippen LogP contribution in [0.4, 0.5) is 0 Å². The van der Waals surface area contributed by atoms with Crippen molar-refractivity contribution in [1.82, 2.24) is 10.6 Å². The maximum atomic E-state index is 12.1. The van der Waals surface area contributed by atoms with Gasteiger partial charge in [0.25, 0.3) is 0 Å². The topological polar surface area (TPSA) is 76.7 Å². The summed E-state index contributed by atoms with van der Waals surface area (Å²) in [4.78, 5) is 24.3. The van der Waals surface area contributed by atoms with Crippen LogP contribution >= 0.6 is 31.9 Å². The summed E-state index contributed by atoms with van der Waals surface area (Å²) in [6.45, 7) is 1.19. The first-order valence-electron chi connectivity index (χ1n) is 11.5. The molecule has 3 aromatic carbocycles. The predicted octanol–water partition coefficient (Wildman–Crippen LogP) is 5.69. The number of aryl methyl sites for hydroxylation is 1. The van der Waals surface area contributed by atoms with E-state index in [-0.39, 0.29) is 18.2 Å². The molecule has 182 valence electrons. The van der Waals surface area contributed by atoms with Gasteiger partial charge in [0.15, 0.2) is 11.5 Å². The highest BCUT2D eigenvalue weighted by atomic mass is 79.9. The number of rotatable bonds is 3. The second-order valence-corrected chi connectivity index (χ2v) is 9.95. The lowest BCUT2D eigenvalue weighted by Gasteiger charge is -2.17. The Labute approximate surface area is 221 Å². The number of nitrogens with one attached hydrogen (secondary N) is 2. The van der Waals surface area contributed by atoms with E-state index in [0.29, 0.717) is 56.2 Å². The summed E-state index contributed by atoms with van der Waals surface area (Å²) >= 11 is 7.26. The second-order valence-electron chi connectivity index (χ2n) is 8.25. The highest BCUT2D eigenvalue weighted by Crippen LogP contribution is 2.41. The van der Waals surface area contributed by atoms with E-state index in [1.54, 1.807) is 0 Å². The van der Waals surface area contributed by atoms with Crippen molar-refractivity contribution >= 4 is 43.7 Å². The third-order valence-electron chi connectivity index (χ3n) is 5.56. The van der Waals surface area contributed by atoms with E-state index in [2.05, 4.69) is 42.5 Å². The first-order chi connectivity index (χ1) is 17.0. The van der Waals surface area contributed by atoms with Crippen molar-refractivity contribution in [3.63, 3.8) is 0 Å². The molecule has 0 aliphatic carbocycles. The average Bonchev–Trinajstić information content (AvgIpc) is 2.84. The van der Waals surface area contributed by atoms with Crippen LogP contribution in [-0.4, -0.2) is 24.9 Å². The predicted molar refractivity (Wildman–Crippen MR) is 142 cm³/mol. The monoisotopic (exact) mass is 600 g/mol. The molecule has 0 radical (unpaired) electrons. The quantitative estimate of drug-likeness (QED) is 0.404. The fourth-order valence-corrected chi connectivity index (χ4v) is 4.82. The van der Waals surface area contributed by atoms with Crippen LogP contribution in [-0.2, 0) is 29.0 Å². The SMILES string of the molecule is O=C1CCNC(=O)CCc2ccc(c(Br)c2)Oc2cc(cc(Br)c2OCc2ccccc2)CCN1. The first-order valence-corrected chi connectivity index (χ1v) is 13.1. The van der Waals surface area contributed by atoms with Gasteiger partial charge in [-0.15, -0.1) is 0 Å². The third-order valence-corrected chi connectivity index (χ3v) is 6.77. The molecule has 0 atom stereocenters. The smallest absolute Gasteiger partial charge is 0.221 e. The van der Waals surface area contributed by atoms with Crippen molar-refractivity contribution in [1.29, 1.82) is 0 Å². The van der Waals surface area contributed by atoms with E-state index in [9.17, 15) is 9.59 Å². The molecule has 0 fully saturated rings. The molecule has 0 saturated heterocycles. The van der Waals surface area contributed by atoms with Gasteiger partial charge in [-0.1, -0.05) is 36.4 Å². The average molecular weight is 602 g/mol. The van der Waals surface area contributed by atoms with E-state index >= 15 is 0 Å². The Morgan fingerprint density at radius 3 is 2.23 bits per heavy atom. The van der Waals surface area contributed by atoms with Gasteiger partial charge >= 0.3 is 0 Å². The molecule has 3 aromatic rings. The Morgan fingerprint density at radius 1 is 0.743 bits per heavy atom. The molecule has 35 heavy (non-hydrogen) atoms. The number of hydrogen-bond acceptors (Lipinski definition) is 4. The summed E-state index contributed by atoms with van der Waals surface area (Å²) in [7, 11) is 0. The fraction of sp³-hybridized carbons (Fsp3) is 0.259. The zero-order valence-corrected chi connectivity index (χ0v) is 22.3. The van der Waals surface area contributed by atoms with Crippen LogP contribution < -0.4 is 20.1 Å². The number of amides is 2. The highest BCUT2D eigenvalue weighted by Gasteiger charge is 2.16. The molecule has 2 N–H and O–H groups in total. The van der Waals surface area contributed by atoms with Gasteiger partial charge < -0.3 is 20.1 Å². The number of fused-ring (bicyclic) bond motifs is 11. The largest absolute Gasteiger partial charge is 0.484 e. The summed E-state index contributed by atoms with van der Waals surface area (Å²) in [6, 6.07) is 19.7. The fourth-order valence-electron chi connectivity index (χ4n) is 3.71. The molecule has 0 aromatic heterocycles. The van der Waals surface area contributed by atoms with Gasteiger partial charge in [0.1, 0.15) is 12.4 Å². The number of hydrogen-bond donors (Lipinski definition) is 2. The van der Waals surface area contributed by atoms with Crippen molar-refractivity contribution in [3.8, 4) is 17.2 Å². The molecule has 2 aliphatic rings. The summed E-state index contributed by atoms with van der Waals surface area (Å²) in [5.41, 5.74) is 3.04. The van der Waals surface area contributed by atoms with Crippen LogP contribution in [0.2, 0.25) is 0 Å². The van der Waals surface area contributed by atoms with Gasteiger partial charge in [-0.25, -0.2) is 0 Å². The van der Waals surface area contributed by atoms with Crippen molar-refractivity contribution in [2.24, 2.45) is 0 Å². The molecular weight excluding hydrogens is 576 g/mol. The minimum atomic E-state index is -0.0939. The van der Waals surface area contributed by atoms with E-state index < -0.39 is 0 Å². The molecular formula is C27H26Br2N2O4. The number of ether oxygens (including phenoxy) is 2. The van der Waals surface area contributed by atoms with E-state index in [1.165, 1.54) is 0 Å². The van der Waals surface area contributed by atoms with E-state index in [1.807, 2.05) is 60.7 Å². The Kier molecular flexibility index (Phi) is 8.82. The van der Waals surface area contributed by atoms with Crippen LogP contribution in [0.5, 0.6) is 17.2 Å². The van der Waals surface area contributed by atoms with Crippen molar-refractivity contribution < 1.29 is 19.1 Å². The van der Waals surface area contributed by atoms with Crippen molar-refractivity contribution in [2.45, 2.75) is 32.3 Å². The Hall–Kier alpha value is -2.84. The van der Waals surface area contributed by atoms with Gasteiger partial charge in [0.2, 0.25) is 11.8 Å². The maximum absolute atomic E-state index is 12.1. The second kappa shape index (κ2) is 12.2. The first kappa shape index (κ1) is 25.3. The summed E-state index contributed by atoms with van der Waals surface area (Å²) in [6.07, 6.45) is 1.80. The molecule has 0 unspecified atom stereocenters. The number of carbonyl (C=O) groups is 2. The lowest BCUT2D eigenvalue weighted by atomic mass is 10.1. The molecule has 4 bridgehead atoms. The van der Waals surface area contributed by atoms with E-state index in [0.717, 1.165) is 25.6 Å². The van der Waals surface area contributed by atoms with Crippen molar-refractivity contribution in [2.75, 3.05) is 13.1 Å². The number of benzene rings is 3. The van der Waals surface area contributed by atoms with Gasteiger partial charge in [-0.05, 0) is 85.7 Å². The molecule has 0 saturated carbocycles. The zero-order valence-electron chi connectivity index (χ0n) is 19.1. The Morgan fingerprint density at radius 2 is 1.46 bits per heavy atom. The van der Waals surface area contributed by atoms with Crippen LogP contribution in [0.15, 0.2) is 69.6 Å². The Balaban J connectivity index is 1.64. The van der Waals surface area contributed by atoms with Crippen molar-refractivity contribution in [3.05, 3.63) is 86.3 Å². The molecule has 5 rings (SSSR count). The third kappa shape index (κ3) is 7.32. The zero-order chi connectivity index (χ0) is 24.6. The molecule has 2 aliphatic heterocycles. The van der Waals surface area contributed by atoms with Crippen LogP contribution in [0.3, 0.4) is 0 Å². The minimum absolute atomic E-state index is 0.0737. The van der Waals surface area contributed by atoms with Crippen LogP contribution in [0, 0.1) is 0 Å². The molecule has 6 nitrogen and oxygen atoms in total. The van der Waals surface area contributed by atoms with Gasteiger partial charge in [0, 0.05) is 25.9 Å². The Bertz CT molecular complexity index is 1200. The van der Waals surface area contributed by atoms with Gasteiger partial charge in [0.05, 0.1) is 8.95 Å². The summed E-state index contributed by atoms with van der Waals surface area (Å²) in [5, 5.41) is 5.72. The normalized spacial score (nSPS) is 14.8. The molecule has 0 spiro atoms. The highest BCUT2D eigenvalue weighted by molar-refractivity contribution is 9.11.